The van der Waals surface area contributed by atoms with Crippen LogP contribution in [0.15, 0.2) is 53.4 Å². The van der Waals surface area contributed by atoms with E-state index in [9.17, 15) is 8.42 Å². The quantitative estimate of drug-likeness (QED) is 0.690. The van der Waals surface area contributed by atoms with Crippen LogP contribution in [0.4, 0.5) is 0 Å². The third-order valence-electron chi connectivity index (χ3n) is 3.50. The molecule has 0 aliphatic heterocycles. The molecule has 6 heteroatoms. The van der Waals surface area contributed by atoms with Crippen LogP contribution in [0.2, 0.25) is 0 Å². The van der Waals surface area contributed by atoms with E-state index in [1.165, 1.54) is 11.1 Å². The highest BCUT2D eigenvalue weighted by atomic mass is 32.2. The average Bonchev–Trinajstić information content (AvgIpc) is 2.57. The summed E-state index contributed by atoms with van der Waals surface area (Å²) in [5.41, 5.74) is 2.55. The van der Waals surface area contributed by atoms with Crippen LogP contribution in [0.5, 0.6) is 5.75 Å². The molecule has 0 fully saturated rings. The van der Waals surface area contributed by atoms with E-state index in [0.717, 1.165) is 11.5 Å². The van der Waals surface area contributed by atoms with Gasteiger partial charge in [0, 0.05) is 18.1 Å². The number of hydrogen-bond donors (Lipinski definition) is 1. The minimum atomic E-state index is -3.46. The minimum Gasteiger partial charge on any atom is -0.494 e. The number of sulfonamides is 1. The Bertz CT molecular complexity index is 743. The first-order valence-corrected chi connectivity index (χ1v) is 10.5. The molecule has 0 saturated heterocycles. The lowest BCUT2D eigenvalue weighted by Crippen LogP contribution is -2.26. The number of rotatable bonds is 9. The van der Waals surface area contributed by atoms with Gasteiger partial charge in [-0.15, -0.1) is 0 Å². The fourth-order valence-corrected chi connectivity index (χ4v) is 4.26. The molecule has 0 aliphatic rings. The number of nitrogens with one attached hydrogen (secondary N) is 1. The van der Waals surface area contributed by atoms with Crippen LogP contribution in [0.25, 0.3) is 0 Å². The van der Waals surface area contributed by atoms with E-state index in [0.29, 0.717) is 18.9 Å². The van der Waals surface area contributed by atoms with Crippen molar-refractivity contribution in [2.45, 2.75) is 24.5 Å². The van der Waals surface area contributed by atoms with Crippen LogP contribution in [0, 0.1) is 6.92 Å². The van der Waals surface area contributed by atoms with Gasteiger partial charge in [-0.05, 0) is 49.2 Å². The van der Waals surface area contributed by atoms with Crippen molar-refractivity contribution >= 4 is 21.8 Å². The molecule has 24 heavy (non-hydrogen) atoms. The van der Waals surface area contributed by atoms with Crippen LogP contribution in [-0.2, 0) is 15.8 Å². The maximum absolute atomic E-state index is 12.2. The molecule has 0 atom stereocenters. The lowest BCUT2D eigenvalue weighted by atomic mass is 10.1. The van der Waals surface area contributed by atoms with Gasteiger partial charge in [-0.25, -0.2) is 13.1 Å². The Morgan fingerprint density at radius 1 is 1.08 bits per heavy atom. The maximum Gasteiger partial charge on any atom is 0.240 e. The van der Waals surface area contributed by atoms with E-state index in [1.807, 2.05) is 19.1 Å². The Morgan fingerprint density at radius 2 is 1.79 bits per heavy atom. The molecule has 0 radical (unpaired) electrons. The number of aryl methyl sites for hydroxylation is 1. The molecule has 0 aromatic heterocycles. The number of hydrogen-bond acceptors (Lipinski definition) is 4. The van der Waals surface area contributed by atoms with Crippen LogP contribution in [-0.4, -0.2) is 27.3 Å². The molecule has 0 saturated carbocycles. The first-order chi connectivity index (χ1) is 11.5. The van der Waals surface area contributed by atoms with Gasteiger partial charge in [-0.2, -0.15) is 11.8 Å². The number of ether oxygens (including phenoxy) is 1. The molecule has 130 valence electrons. The number of benzene rings is 2. The fraction of sp³-hybridized carbons (Fsp3) is 0.333. The Kier molecular flexibility index (Phi) is 7.15. The summed E-state index contributed by atoms with van der Waals surface area (Å²) in [4.78, 5) is 0.259. The first kappa shape index (κ1) is 18.8. The summed E-state index contributed by atoms with van der Waals surface area (Å²) in [6.07, 6.45) is 0. The van der Waals surface area contributed by atoms with Crippen molar-refractivity contribution in [3.63, 3.8) is 0 Å². The lowest BCUT2D eigenvalue weighted by Gasteiger charge is -2.09. The predicted molar refractivity (Wildman–Crippen MR) is 100 cm³/mol. The van der Waals surface area contributed by atoms with Gasteiger partial charge in [-0.3, -0.25) is 0 Å². The van der Waals surface area contributed by atoms with Gasteiger partial charge in [0.1, 0.15) is 5.75 Å². The molecular formula is C18H23NO3S2. The fourth-order valence-electron chi connectivity index (χ4n) is 2.17. The summed E-state index contributed by atoms with van der Waals surface area (Å²) in [6, 6.07) is 14.7. The van der Waals surface area contributed by atoms with Crippen LogP contribution >= 0.6 is 11.8 Å². The van der Waals surface area contributed by atoms with E-state index >= 15 is 0 Å². The Hall–Kier alpha value is -1.50. The van der Waals surface area contributed by atoms with Gasteiger partial charge < -0.3 is 4.74 Å². The lowest BCUT2D eigenvalue weighted by molar-refractivity contribution is 0.340. The van der Waals surface area contributed by atoms with Gasteiger partial charge in [-0.1, -0.05) is 24.3 Å². The molecule has 0 bridgehead atoms. The standard InChI is InChI=1S/C18H23NO3S2/c1-3-22-17-8-10-18(11-9-17)24(20,21)19-12-13-23-14-16-7-5-4-6-15(16)2/h4-11,19H,3,12-14H2,1-2H3. The van der Waals surface area contributed by atoms with Gasteiger partial charge in [0.05, 0.1) is 11.5 Å². The first-order valence-electron chi connectivity index (χ1n) is 7.87. The molecule has 2 aromatic rings. The summed E-state index contributed by atoms with van der Waals surface area (Å²) in [6.45, 7) is 4.94. The minimum absolute atomic E-state index is 0.259. The predicted octanol–water partition coefficient (Wildman–Crippen LogP) is 3.61. The van der Waals surface area contributed by atoms with Crippen LogP contribution in [0.1, 0.15) is 18.1 Å². The highest BCUT2D eigenvalue weighted by Gasteiger charge is 2.13. The van der Waals surface area contributed by atoms with Crippen molar-refractivity contribution in [2.75, 3.05) is 18.9 Å². The van der Waals surface area contributed by atoms with Gasteiger partial charge >= 0.3 is 0 Å². The largest absolute Gasteiger partial charge is 0.494 e. The summed E-state index contributed by atoms with van der Waals surface area (Å²) < 4.78 is 32.4. The summed E-state index contributed by atoms with van der Waals surface area (Å²) in [5, 5.41) is 0. The van der Waals surface area contributed by atoms with Crippen molar-refractivity contribution < 1.29 is 13.2 Å². The smallest absolute Gasteiger partial charge is 0.240 e. The summed E-state index contributed by atoms with van der Waals surface area (Å²) in [5.74, 6) is 2.28. The van der Waals surface area contributed by atoms with Crippen LogP contribution in [0.3, 0.4) is 0 Å². The maximum atomic E-state index is 12.2. The molecular weight excluding hydrogens is 342 g/mol. The summed E-state index contributed by atoms with van der Waals surface area (Å²) >= 11 is 1.72. The van der Waals surface area contributed by atoms with Gasteiger partial charge in [0.25, 0.3) is 0 Å². The van der Waals surface area contributed by atoms with Crippen molar-refractivity contribution in [3.8, 4) is 5.75 Å². The summed E-state index contributed by atoms with van der Waals surface area (Å²) in [7, 11) is -3.46. The third kappa shape index (κ3) is 5.54. The van der Waals surface area contributed by atoms with Crippen molar-refractivity contribution in [1.29, 1.82) is 0 Å². The van der Waals surface area contributed by atoms with E-state index in [4.69, 9.17) is 4.74 Å². The van der Waals surface area contributed by atoms with Crippen molar-refractivity contribution in [2.24, 2.45) is 0 Å². The zero-order valence-electron chi connectivity index (χ0n) is 14.0. The van der Waals surface area contributed by atoms with Gasteiger partial charge in [0.15, 0.2) is 0 Å². The van der Waals surface area contributed by atoms with Gasteiger partial charge in [0.2, 0.25) is 10.0 Å². The second kappa shape index (κ2) is 9.11. The SMILES string of the molecule is CCOc1ccc(S(=O)(=O)NCCSCc2ccccc2C)cc1. The zero-order valence-corrected chi connectivity index (χ0v) is 15.6. The molecule has 4 nitrogen and oxygen atoms in total. The second-order valence-corrected chi connectivity index (χ2v) is 8.15. The molecule has 0 heterocycles. The Balaban J connectivity index is 1.79. The highest BCUT2D eigenvalue weighted by Crippen LogP contribution is 2.17. The molecule has 2 rings (SSSR count). The Labute approximate surface area is 148 Å². The number of thioether (sulfide) groups is 1. The second-order valence-electron chi connectivity index (χ2n) is 5.28. The third-order valence-corrected chi connectivity index (χ3v) is 5.99. The normalized spacial score (nSPS) is 11.4. The molecule has 0 spiro atoms. The molecule has 1 N–H and O–H groups in total. The molecule has 0 aliphatic carbocycles. The van der Waals surface area contributed by atoms with Crippen molar-refractivity contribution in [1.82, 2.24) is 4.72 Å². The van der Waals surface area contributed by atoms with E-state index in [1.54, 1.807) is 36.0 Å². The monoisotopic (exact) mass is 365 g/mol. The van der Waals surface area contributed by atoms with E-state index in [2.05, 4.69) is 23.8 Å². The highest BCUT2D eigenvalue weighted by molar-refractivity contribution is 7.98. The zero-order chi connectivity index (χ0) is 17.4. The topological polar surface area (TPSA) is 55.4 Å². The van der Waals surface area contributed by atoms with Crippen LogP contribution < -0.4 is 9.46 Å². The molecule has 0 unspecified atom stereocenters. The molecule has 0 amide bonds. The van der Waals surface area contributed by atoms with E-state index in [-0.39, 0.29) is 4.90 Å². The van der Waals surface area contributed by atoms with Crippen molar-refractivity contribution in [3.05, 3.63) is 59.7 Å². The Morgan fingerprint density at radius 3 is 2.46 bits per heavy atom. The molecule has 2 aromatic carbocycles. The van der Waals surface area contributed by atoms with E-state index < -0.39 is 10.0 Å². The average molecular weight is 366 g/mol.